The number of nitro benzene ring substituents is 1. The van der Waals surface area contributed by atoms with E-state index in [1.807, 2.05) is 24.9 Å². The molecule has 0 fully saturated rings. The van der Waals surface area contributed by atoms with Crippen LogP contribution in [0.15, 0.2) is 18.2 Å². The number of nitro groups is 1. The van der Waals surface area contributed by atoms with Gasteiger partial charge in [0.1, 0.15) is 0 Å². The lowest BCUT2D eigenvalue weighted by atomic mass is 10.2. The van der Waals surface area contributed by atoms with E-state index in [0.29, 0.717) is 25.2 Å². The second kappa shape index (κ2) is 6.45. The lowest BCUT2D eigenvalue weighted by Gasteiger charge is -2.18. The highest BCUT2D eigenvalue weighted by atomic mass is 16.6. The maximum Gasteiger partial charge on any atom is 0.273 e. The summed E-state index contributed by atoms with van der Waals surface area (Å²) in [7, 11) is 1.81. The molecule has 0 bridgehead atoms. The molecular formula is C12H16N4O2. The molecule has 1 rings (SSSR count). The van der Waals surface area contributed by atoms with Crippen molar-refractivity contribution in [2.45, 2.75) is 13.3 Å². The first-order valence-corrected chi connectivity index (χ1v) is 5.70. The van der Waals surface area contributed by atoms with Crippen molar-refractivity contribution >= 4 is 17.1 Å². The Balaban J connectivity index is 3.02. The van der Waals surface area contributed by atoms with E-state index in [4.69, 9.17) is 5.26 Å². The minimum absolute atomic E-state index is 0.0484. The maximum atomic E-state index is 10.9. The Bertz CT molecular complexity index is 468. The van der Waals surface area contributed by atoms with Gasteiger partial charge < -0.3 is 10.2 Å². The molecule has 6 nitrogen and oxygen atoms in total. The highest BCUT2D eigenvalue weighted by molar-refractivity contribution is 5.64. The summed E-state index contributed by atoms with van der Waals surface area (Å²) in [6.07, 6.45) is 0.385. The van der Waals surface area contributed by atoms with Gasteiger partial charge in [0, 0.05) is 43.6 Å². The Kier molecular flexibility index (Phi) is 4.93. The molecule has 0 saturated heterocycles. The van der Waals surface area contributed by atoms with Gasteiger partial charge in [-0.25, -0.2) is 0 Å². The molecule has 6 heteroatoms. The molecule has 1 N–H and O–H groups in total. The van der Waals surface area contributed by atoms with E-state index in [1.165, 1.54) is 12.1 Å². The number of nitrogens with zero attached hydrogens (tertiary/aromatic N) is 3. The number of hydrogen-bond donors (Lipinski definition) is 1. The predicted octanol–water partition coefficient (Wildman–Crippen LogP) is 2.38. The second-order valence-electron chi connectivity index (χ2n) is 3.86. The van der Waals surface area contributed by atoms with E-state index in [9.17, 15) is 10.1 Å². The summed E-state index contributed by atoms with van der Waals surface area (Å²) in [6, 6.07) is 6.91. The van der Waals surface area contributed by atoms with Gasteiger partial charge in [0.25, 0.3) is 5.69 Å². The first kappa shape index (κ1) is 13.8. The molecule has 0 radical (unpaired) electrons. The fourth-order valence-electron chi connectivity index (χ4n) is 1.57. The Labute approximate surface area is 106 Å². The summed E-state index contributed by atoms with van der Waals surface area (Å²) >= 11 is 0. The Morgan fingerprint density at radius 1 is 1.50 bits per heavy atom. The van der Waals surface area contributed by atoms with E-state index in [1.54, 1.807) is 0 Å². The average molecular weight is 248 g/mol. The lowest BCUT2D eigenvalue weighted by molar-refractivity contribution is -0.384. The number of nitriles is 1. The van der Waals surface area contributed by atoms with Gasteiger partial charge in [-0.1, -0.05) is 0 Å². The van der Waals surface area contributed by atoms with Crippen molar-refractivity contribution in [2.24, 2.45) is 0 Å². The molecule has 0 aliphatic rings. The van der Waals surface area contributed by atoms with Gasteiger partial charge in [0.15, 0.2) is 0 Å². The van der Waals surface area contributed by atoms with Crippen LogP contribution in [0.1, 0.15) is 13.3 Å². The number of benzene rings is 1. The van der Waals surface area contributed by atoms with Crippen LogP contribution in [-0.4, -0.2) is 25.1 Å². The quantitative estimate of drug-likeness (QED) is 0.617. The third-order valence-corrected chi connectivity index (χ3v) is 2.49. The fourth-order valence-corrected chi connectivity index (χ4v) is 1.57. The van der Waals surface area contributed by atoms with Gasteiger partial charge >= 0.3 is 0 Å². The SMILES string of the molecule is CCNc1cc(N(C)CCC#N)cc([N+](=O)[O-])c1. The monoisotopic (exact) mass is 248 g/mol. The van der Waals surface area contributed by atoms with Gasteiger partial charge in [-0.15, -0.1) is 0 Å². The van der Waals surface area contributed by atoms with Gasteiger partial charge in [0.05, 0.1) is 17.4 Å². The maximum absolute atomic E-state index is 10.9. The first-order valence-electron chi connectivity index (χ1n) is 5.70. The highest BCUT2D eigenvalue weighted by Crippen LogP contribution is 2.26. The van der Waals surface area contributed by atoms with Gasteiger partial charge in [-0.3, -0.25) is 10.1 Å². The van der Waals surface area contributed by atoms with Crippen molar-refractivity contribution in [3.63, 3.8) is 0 Å². The molecule has 18 heavy (non-hydrogen) atoms. The molecule has 0 heterocycles. The van der Waals surface area contributed by atoms with Crippen molar-refractivity contribution in [2.75, 3.05) is 30.4 Å². The summed E-state index contributed by atoms with van der Waals surface area (Å²) < 4.78 is 0. The molecule has 0 aliphatic carbocycles. The number of hydrogen-bond acceptors (Lipinski definition) is 5. The molecule has 1 aromatic rings. The van der Waals surface area contributed by atoms with Crippen LogP contribution in [0, 0.1) is 21.4 Å². The van der Waals surface area contributed by atoms with Crippen molar-refractivity contribution in [3.05, 3.63) is 28.3 Å². The third-order valence-electron chi connectivity index (χ3n) is 2.49. The number of rotatable bonds is 6. The highest BCUT2D eigenvalue weighted by Gasteiger charge is 2.11. The van der Waals surface area contributed by atoms with E-state index < -0.39 is 4.92 Å². The Hall–Kier alpha value is -2.29. The van der Waals surface area contributed by atoms with Gasteiger partial charge in [-0.05, 0) is 13.0 Å². The largest absolute Gasteiger partial charge is 0.385 e. The van der Waals surface area contributed by atoms with Crippen LogP contribution >= 0.6 is 0 Å². The minimum atomic E-state index is -0.414. The Morgan fingerprint density at radius 3 is 2.78 bits per heavy atom. The van der Waals surface area contributed by atoms with E-state index in [-0.39, 0.29) is 5.69 Å². The molecule has 0 aliphatic heterocycles. The van der Waals surface area contributed by atoms with Crippen LogP contribution in [0.2, 0.25) is 0 Å². The topological polar surface area (TPSA) is 82.2 Å². The molecule has 96 valence electrons. The van der Waals surface area contributed by atoms with Crippen molar-refractivity contribution in [1.29, 1.82) is 5.26 Å². The van der Waals surface area contributed by atoms with Gasteiger partial charge in [-0.2, -0.15) is 5.26 Å². The number of anilines is 2. The predicted molar refractivity (Wildman–Crippen MR) is 70.8 cm³/mol. The zero-order chi connectivity index (χ0) is 13.5. The average Bonchev–Trinajstić information content (AvgIpc) is 2.35. The standard InChI is InChI=1S/C12H16N4O2/c1-3-14-10-7-11(15(2)6-4-5-13)9-12(8-10)16(17)18/h7-9,14H,3-4,6H2,1-2H3. The zero-order valence-electron chi connectivity index (χ0n) is 10.5. The van der Waals surface area contributed by atoms with Crippen molar-refractivity contribution < 1.29 is 4.92 Å². The molecule has 1 aromatic carbocycles. The molecular weight excluding hydrogens is 232 g/mol. The summed E-state index contributed by atoms with van der Waals surface area (Å²) in [5.74, 6) is 0. The lowest BCUT2D eigenvalue weighted by Crippen LogP contribution is -2.18. The molecule has 0 aromatic heterocycles. The van der Waals surface area contributed by atoms with Crippen LogP contribution in [0.25, 0.3) is 0 Å². The molecule has 0 amide bonds. The van der Waals surface area contributed by atoms with Crippen molar-refractivity contribution in [1.82, 2.24) is 0 Å². The summed E-state index contributed by atoms with van der Waals surface area (Å²) in [5.41, 5.74) is 1.49. The van der Waals surface area contributed by atoms with E-state index >= 15 is 0 Å². The molecule has 0 atom stereocenters. The van der Waals surface area contributed by atoms with Crippen molar-refractivity contribution in [3.8, 4) is 6.07 Å². The third kappa shape index (κ3) is 3.63. The minimum Gasteiger partial charge on any atom is -0.385 e. The summed E-state index contributed by atoms with van der Waals surface area (Å²) in [4.78, 5) is 12.3. The van der Waals surface area contributed by atoms with E-state index in [0.717, 1.165) is 5.69 Å². The van der Waals surface area contributed by atoms with Crippen LogP contribution in [0.3, 0.4) is 0 Å². The zero-order valence-corrected chi connectivity index (χ0v) is 10.5. The second-order valence-corrected chi connectivity index (χ2v) is 3.86. The van der Waals surface area contributed by atoms with Crippen LogP contribution in [0.4, 0.5) is 17.1 Å². The fraction of sp³-hybridized carbons (Fsp3) is 0.417. The summed E-state index contributed by atoms with van der Waals surface area (Å²) in [6.45, 7) is 3.17. The smallest absolute Gasteiger partial charge is 0.273 e. The normalized spacial score (nSPS) is 9.61. The molecule has 0 spiro atoms. The Morgan fingerprint density at radius 2 is 2.22 bits per heavy atom. The molecule has 0 saturated carbocycles. The first-order chi connectivity index (χ1) is 8.58. The van der Waals surface area contributed by atoms with Crippen LogP contribution < -0.4 is 10.2 Å². The molecule has 0 unspecified atom stereocenters. The van der Waals surface area contributed by atoms with Crippen LogP contribution in [0.5, 0.6) is 0 Å². The summed E-state index contributed by atoms with van der Waals surface area (Å²) in [5, 5.41) is 22.5. The number of non-ortho nitro benzene ring substituents is 1. The number of nitrogens with one attached hydrogen (secondary N) is 1. The van der Waals surface area contributed by atoms with Gasteiger partial charge in [0.2, 0.25) is 0 Å². The van der Waals surface area contributed by atoms with Crippen LogP contribution in [-0.2, 0) is 0 Å². The van der Waals surface area contributed by atoms with E-state index in [2.05, 4.69) is 11.4 Å².